The summed E-state index contributed by atoms with van der Waals surface area (Å²) in [5, 5.41) is 13.1. The van der Waals surface area contributed by atoms with Crippen molar-refractivity contribution < 1.29 is 14.6 Å². The average Bonchev–Trinajstić information content (AvgIpc) is 3.26. The number of hydrogen-bond donors (Lipinski definition) is 3. The fourth-order valence-corrected chi connectivity index (χ4v) is 4.28. The molecule has 4 aromatic rings. The highest BCUT2D eigenvalue weighted by atomic mass is 16.6. The molecule has 1 atom stereocenters. The maximum absolute atomic E-state index is 12.3. The van der Waals surface area contributed by atoms with E-state index in [1.54, 1.807) is 6.92 Å². The quantitative estimate of drug-likeness (QED) is 0.452. The van der Waals surface area contributed by atoms with E-state index in [-0.39, 0.29) is 13.0 Å². The summed E-state index contributed by atoms with van der Waals surface area (Å²) in [4.78, 5) is 17.2. The molecule has 3 aromatic heterocycles. The van der Waals surface area contributed by atoms with Gasteiger partial charge in [0.25, 0.3) is 0 Å². The number of para-hydroxylation sites is 1. The molecule has 7 heteroatoms. The number of nitrogens with zero attached hydrogens (tertiary/aromatic N) is 2. The van der Waals surface area contributed by atoms with E-state index in [1.165, 1.54) is 0 Å². The first-order chi connectivity index (χ1) is 13.1. The maximum atomic E-state index is 12.3. The van der Waals surface area contributed by atoms with Gasteiger partial charge in [-0.25, -0.2) is 9.78 Å². The van der Waals surface area contributed by atoms with Crippen LogP contribution >= 0.6 is 0 Å². The molecule has 7 nitrogen and oxygen atoms in total. The number of hydrogen-bond acceptors (Lipinski definition) is 6. The first-order valence-electron chi connectivity index (χ1n) is 8.93. The largest absolute Gasteiger partial charge is 0.458 e. The minimum absolute atomic E-state index is 0.125. The zero-order chi connectivity index (χ0) is 18.3. The number of anilines is 2. The number of carbonyl (C=O) groups excluding carboxylic acids is 1. The van der Waals surface area contributed by atoms with Crippen LogP contribution in [0.3, 0.4) is 0 Å². The zero-order valence-electron chi connectivity index (χ0n) is 14.5. The van der Waals surface area contributed by atoms with Gasteiger partial charge >= 0.3 is 5.97 Å². The lowest BCUT2D eigenvalue weighted by molar-refractivity contribution is -0.172. The molecule has 0 saturated carbocycles. The minimum atomic E-state index is -1.65. The van der Waals surface area contributed by atoms with Crippen molar-refractivity contribution in [2.75, 3.05) is 10.9 Å². The van der Waals surface area contributed by atoms with E-state index in [0.29, 0.717) is 5.56 Å². The Morgan fingerprint density at radius 1 is 1.26 bits per heavy atom. The zero-order valence-corrected chi connectivity index (χ0v) is 14.5. The Balaban J connectivity index is 1.80. The van der Waals surface area contributed by atoms with Crippen LogP contribution in [0.15, 0.2) is 36.4 Å². The summed E-state index contributed by atoms with van der Waals surface area (Å²) in [5.74, 6) is 1.07. The topological polar surface area (TPSA) is 87.9 Å². The lowest BCUT2D eigenvalue weighted by Crippen LogP contribution is -2.41. The molecule has 3 N–H and O–H groups in total. The van der Waals surface area contributed by atoms with Crippen molar-refractivity contribution in [2.24, 2.45) is 0 Å². The molecule has 1 aromatic carbocycles. The van der Waals surface area contributed by atoms with E-state index >= 15 is 0 Å². The second kappa shape index (κ2) is 4.69. The fourth-order valence-electron chi connectivity index (χ4n) is 4.28. The molecular weight excluding hydrogens is 344 g/mol. The summed E-state index contributed by atoms with van der Waals surface area (Å²) in [5.41, 5.74) is 8.70. The summed E-state index contributed by atoms with van der Waals surface area (Å²) < 4.78 is 7.32. The van der Waals surface area contributed by atoms with Gasteiger partial charge in [0.05, 0.1) is 16.6 Å². The van der Waals surface area contributed by atoms with E-state index in [1.807, 2.05) is 34.7 Å². The number of pyridine rings is 2. The van der Waals surface area contributed by atoms with Gasteiger partial charge < -0.3 is 9.84 Å². The Kier molecular flexibility index (Phi) is 2.57. The van der Waals surface area contributed by atoms with Crippen LogP contribution in [0.25, 0.3) is 27.3 Å². The third-order valence-electron chi connectivity index (χ3n) is 5.74. The van der Waals surface area contributed by atoms with Crippen LogP contribution in [0.2, 0.25) is 0 Å². The van der Waals surface area contributed by atoms with Crippen molar-refractivity contribution in [3.63, 3.8) is 0 Å². The smallest absolute Gasteiger partial charge is 0.343 e. The molecule has 0 fully saturated rings. The molecule has 0 unspecified atom stereocenters. The predicted molar refractivity (Wildman–Crippen MR) is 101 cm³/mol. The summed E-state index contributed by atoms with van der Waals surface area (Å²) >= 11 is 0. The van der Waals surface area contributed by atoms with Crippen molar-refractivity contribution in [3.05, 3.63) is 47.5 Å². The van der Waals surface area contributed by atoms with Gasteiger partial charge in [-0.15, -0.1) is 0 Å². The van der Waals surface area contributed by atoms with Crippen molar-refractivity contribution in [1.29, 1.82) is 0 Å². The fraction of sp³-hybridized carbons (Fsp3) is 0.200. The van der Waals surface area contributed by atoms with Gasteiger partial charge in [0.2, 0.25) is 0 Å². The normalized spacial score (nSPS) is 20.6. The second-order valence-corrected chi connectivity index (χ2v) is 7.07. The van der Waals surface area contributed by atoms with Crippen LogP contribution < -0.4 is 10.9 Å². The molecule has 2 aliphatic heterocycles. The Morgan fingerprint density at radius 3 is 2.93 bits per heavy atom. The Morgan fingerprint density at radius 2 is 2.07 bits per heavy atom. The molecule has 0 radical (unpaired) electrons. The number of carbonyl (C=O) groups is 1. The number of nitrogens with one attached hydrogen (secondary N) is 2. The van der Waals surface area contributed by atoms with E-state index in [4.69, 9.17) is 9.72 Å². The van der Waals surface area contributed by atoms with Crippen LogP contribution in [0.4, 0.5) is 11.6 Å². The van der Waals surface area contributed by atoms with Gasteiger partial charge in [-0.1, -0.05) is 25.1 Å². The molecule has 0 aliphatic carbocycles. The number of cyclic esters (lactones) is 1. The summed E-state index contributed by atoms with van der Waals surface area (Å²) in [6, 6.07) is 12.0. The van der Waals surface area contributed by atoms with Gasteiger partial charge in [0.15, 0.2) is 5.60 Å². The molecule has 0 saturated heterocycles. The predicted octanol–water partition coefficient (Wildman–Crippen LogP) is 3.05. The maximum Gasteiger partial charge on any atom is 0.343 e. The first kappa shape index (κ1) is 14.8. The number of ether oxygens (including phenoxy) is 1. The van der Waals surface area contributed by atoms with E-state index < -0.39 is 11.6 Å². The average molecular weight is 360 g/mol. The van der Waals surface area contributed by atoms with Crippen molar-refractivity contribution >= 4 is 44.9 Å². The Bertz CT molecular complexity index is 1310. The highest BCUT2D eigenvalue weighted by Gasteiger charge is 2.45. The highest BCUT2D eigenvalue weighted by molar-refractivity contribution is 6.10. The molecule has 0 spiro atoms. The highest BCUT2D eigenvalue weighted by Crippen LogP contribution is 2.45. The molecule has 0 bridgehead atoms. The molecule has 27 heavy (non-hydrogen) atoms. The minimum Gasteiger partial charge on any atom is -0.458 e. The molecule has 0 amide bonds. The molecule has 6 rings (SSSR count). The lowest BCUT2D eigenvalue weighted by Gasteiger charge is -2.32. The standard InChI is InChI=1S/C20H16N4O3/c1-2-20(26)13-8-15-16-11(7-10-5-3-4-6-14(10)21-16)17-22-23-18(24(15)17)12(13)9-27-19(20)25/h3-8,22-23,26H,2,9H2,1H3/t20-/m0/s1. The third-order valence-corrected chi connectivity index (χ3v) is 5.74. The SMILES string of the molecule is CC[C@@]1(O)C(=O)OCc2c1cc1c3nc4ccccc4cc3c3n1c2NN3. The van der Waals surface area contributed by atoms with Crippen molar-refractivity contribution in [3.8, 4) is 0 Å². The van der Waals surface area contributed by atoms with Gasteiger partial charge in [0, 0.05) is 21.9 Å². The third kappa shape index (κ3) is 1.65. The van der Waals surface area contributed by atoms with Gasteiger partial charge in [-0.2, -0.15) is 0 Å². The molecule has 134 valence electrons. The van der Waals surface area contributed by atoms with Crippen molar-refractivity contribution in [1.82, 2.24) is 9.38 Å². The number of aromatic nitrogens is 2. The Labute approximate surface area is 153 Å². The lowest BCUT2D eigenvalue weighted by atomic mass is 9.86. The molecule has 2 aliphatic rings. The number of fused-ring (bicyclic) bond motifs is 6. The number of rotatable bonds is 1. The van der Waals surface area contributed by atoms with E-state index in [0.717, 1.165) is 44.5 Å². The van der Waals surface area contributed by atoms with Crippen LogP contribution in [0, 0.1) is 0 Å². The van der Waals surface area contributed by atoms with E-state index in [2.05, 4.69) is 16.9 Å². The Hall–Kier alpha value is -3.32. The summed E-state index contributed by atoms with van der Waals surface area (Å²) in [6.07, 6.45) is 0.240. The number of aliphatic hydroxyl groups is 1. The van der Waals surface area contributed by atoms with Crippen LogP contribution in [0.5, 0.6) is 0 Å². The van der Waals surface area contributed by atoms with Crippen molar-refractivity contribution in [2.45, 2.75) is 25.6 Å². The monoisotopic (exact) mass is 360 g/mol. The van der Waals surface area contributed by atoms with Crippen LogP contribution in [-0.4, -0.2) is 20.5 Å². The second-order valence-electron chi connectivity index (χ2n) is 7.07. The van der Waals surface area contributed by atoms with Gasteiger partial charge in [-0.3, -0.25) is 15.3 Å². The number of benzene rings is 1. The van der Waals surface area contributed by atoms with Gasteiger partial charge in [-0.05, 0) is 24.6 Å². The van der Waals surface area contributed by atoms with Gasteiger partial charge in [0.1, 0.15) is 18.2 Å². The number of esters is 1. The van der Waals surface area contributed by atoms with E-state index in [9.17, 15) is 9.90 Å². The van der Waals surface area contributed by atoms with Crippen LogP contribution in [0.1, 0.15) is 24.5 Å². The number of hydrazine groups is 1. The summed E-state index contributed by atoms with van der Waals surface area (Å²) in [6.45, 7) is 1.90. The molecule has 5 heterocycles. The first-order valence-corrected chi connectivity index (χ1v) is 8.93. The van der Waals surface area contributed by atoms with Crippen LogP contribution in [-0.2, 0) is 21.7 Å². The summed E-state index contributed by atoms with van der Waals surface area (Å²) in [7, 11) is 0. The molecular formula is C20H16N4O3.